The van der Waals surface area contributed by atoms with Gasteiger partial charge >= 0.3 is 0 Å². The third-order valence-electron chi connectivity index (χ3n) is 5.88. The Labute approximate surface area is 151 Å². The lowest BCUT2D eigenvalue weighted by Crippen LogP contribution is -2.56. The standard InChI is InChI=1S/C21H32N2O2/c1-3-17(2)25-19-11-5-4-10-18(19)16-22-20(24)21(12-6-7-13-21)23-14-8-9-15-23/h4-5,10-11,17H,3,6-9,12-16H2,1-2H3,(H,22,24). The summed E-state index contributed by atoms with van der Waals surface area (Å²) in [7, 11) is 0. The van der Waals surface area contributed by atoms with Crippen molar-refractivity contribution >= 4 is 5.91 Å². The zero-order valence-electron chi connectivity index (χ0n) is 15.7. The number of carbonyl (C=O) groups is 1. The van der Waals surface area contributed by atoms with Gasteiger partial charge < -0.3 is 10.1 Å². The van der Waals surface area contributed by atoms with Crippen LogP contribution >= 0.6 is 0 Å². The summed E-state index contributed by atoms with van der Waals surface area (Å²) >= 11 is 0. The molecule has 2 fully saturated rings. The first-order valence-electron chi connectivity index (χ1n) is 9.93. The van der Waals surface area contributed by atoms with Gasteiger partial charge in [-0.3, -0.25) is 9.69 Å². The van der Waals surface area contributed by atoms with Crippen LogP contribution in [0.4, 0.5) is 0 Å². The van der Waals surface area contributed by atoms with Crippen molar-refractivity contribution in [1.29, 1.82) is 0 Å². The summed E-state index contributed by atoms with van der Waals surface area (Å²) in [6.07, 6.45) is 7.94. The maximum atomic E-state index is 13.1. The largest absolute Gasteiger partial charge is 0.490 e. The molecule has 0 spiro atoms. The fourth-order valence-electron chi connectivity index (χ4n) is 4.20. The molecule has 1 aromatic rings. The number of nitrogens with zero attached hydrogens (tertiary/aromatic N) is 1. The van der Waals surface area contributed by atoms with E-state index in [1.807, 2.05) is 18.2 Å². The van der Waals surface area contributed by atoms with E-state index >= 15 is 0 Å². The van der Waals surface area contributed by atoms with E-state index in [1.165, 1.54) is 12.8 Å². The van der Waals surface area contributed by atoms with E-state index in [0.29, 0.717) is 6.54 Å². The minimum Gasteiger partial charge on any atom is -0.490 e. The highest BCUT2D eigenvalue weighted by Gasteiger charge is 2.46. The zero-order chi connectivity index (χ0) is 17.7. The number of ether oxygens (including phenoxy) is 1. The van der Waals surface area contributed by atoms with Crippen LogP contribution in [-0.2, 0) is 11.3 Å². The van der Waals surface area contributed by atoms with Crippen molar-refractivity contribution < 1.29 is 9.53 Å². The maximum Gasteiger partial charge on any atom is 0.240 e. The van der Waals surface area contributed by atoms with Gasteiger partial charge in [-0.25, -0.2) is 0 Å². The van der Waals surface area contributed by atoms with E-state index in [9.17, 15) is 4.79 Å². The van der Waals surface area contributed by atoms with Gasteiger partial charge in [0.15, 0.2) is 0 Å². The summed E-state index contributed by atoms with van der Waals surface area (Å²) in [4.78, 5) is 15.6. The van der Waals surface area contributed by atoms with Crippen LogP contribution < -0.4 is 10.1 Å². The van der Waals surface area contributed by atoms with Crippen LogP contribution in [0.25, 0.3) is 0 Å². The van der Waals surface area contributed by atoms with Gasteiger partial charge in [-0.1, -0.05) is 38.0 Å². The minimum absolute atomic E-state index is 0.183. The number of rotatable bonds is 7. The summed E-state index contributed by atoms with van der Waals surface area (Å²) in [5, 5.41) is 3.23. The average molecular weight is 344 g/mol. The Morgan fingerprint density at radius 1 is 1.20 bits per heavy atom. The highest BCUT2D eigenvalue weighted by atomic mass is 16.5. The van der Waals surface area contributed by atoms with Gasteiger partial charge in [0.25, 0.3) is 0 Å². The van der Waals surface area contributed by atoms with Gasteiger partial charge in [0.2, 0.25) is 5.91 Å². The molecule has 0 bridgehead atoms. The Balaban J connectivity index is 1.67. The quantitative estimate of drug-likeness (QED) is 0.816. The fraction of sp³-hybridized carbons (Fsp3) is 0.667. The number of hydrogen-bond acceptors (Lipinski definition) is 3. The van der Waals surface area contributed by atoms with Gasteiger partial charge in [-0.15, -0.1) is 0 Å². The molecule has 0 aromatic heterocycles. The van der Waals surface area contributed by atoms with Crippen LogP contribution in [0.2, 0.25) is 0 Å². The molecule has 1 unspecified atom stereocenters. The molecule has 0 radical (unpaired) electrons. The maximum absolute atomic E-state index is 13.1. The monoisotopic (exact) mass is 344 g/mol. The molecule has 1 aromatic carbocycles. The summed E-state index contributed by atoms with van der Waals surface area (Å²) in [5.41, 5.74) is 0.800. The van der Waals surface area contributed by atoms with Crippen molar-refractivity contribution in [3.8, 4) is 5.75 Å². The first kappa shape index (κ1) is 18.2. The van der Waals surface area contributed by atoms with Crippen molar-refractivity contribution in [2.24, 2.45) is 0 Å². The molecular weight excluding hydrogens is 312 g/mol. The smallest absolute Gasteiger partial charge is 0.240 e. The molecule has 1 saturated heterocycles. The number of likely N-dealkylation sites (tertiary alicyclic amines) is 1. The fourth-order valence-corrected chi connectivity index (χ4v) is 4.20. The van der Waals surface area contributed by atoms with Crippen molar-refractivity contribution in [3.05, 3.63) is 29.8 Å². The summed E-state index contributed by atoms with van der Waals surface area (Å²) in [6.45, 7) is 6.88. The molecule has 4 nitrogen and oxygen atoms in total. The summed E-state index contributed by atoms with van der Waals surface area (Å²) < 4.78 is 6.02. The first-order chi connectivity index (χ1) is 12.2. The summed E-state index contributed by atoms with van der Waals surface area (Å²) in [5.74, 6) is 1.10. The van der Waals surface area contributed by atoms with Crippen molar-refractivity contribution in [2.75, 3.05) is 13.1 Å². The second-order valence-electron chi connectivity index (χ2n) is 7.56. The molecule has 3 rings (SSSR count). The molecule has 138 valence electrons. The number of hydrogen-bond donors (Lipinski definition) is 1. The number of para-hydroxylation sites is 1. The van der Waals surface area contributed by atoms with E-state index in [-0.39, 0.29) is 17.6 Å². The van der Waals surface area contributed by atoms with E-state index < -0.39 is 0 Å². The highest BCUT2D eigenvalue weighted by molar-refractivity contribution is 5.86. The molecule has 4 heteroatoms. The Kier molecular flexibility index (Phi) is 6.00. The molecule has 1 saturated carbocycles. The van der Waals surface area contributed by atoms with E-state index in [1.54, 1.807) is 0 Å². The average Bonchev–Trinajstić information content (AvgIpc) is 3.32. The zero-order valence-corrected chi connectivity index (χ0v) is 15.7. The second-order valence-corrected chi connectivity index (χ2v) is 7.56. The lowest BCUT2D eigenvalue weighted by Gasteiger charge is -2.37. The number of carbonyl (C=O) groups excluding carboxylic acids is 1. The predicted octanol–water partition coefficient (Wildman–Crippen LogP) is 3.89. The SMILES string of the molecule is CCC(C)Oc1ccccc1CNC(=O)C1(N2CCCC2)CCCC1. The number of benzene rings is 1. The Morgan fingerprint density at radius 2 is 1.88 bits per heavy atom. The number of amides is 1. The van der Waals surface area contributed by atoms with Gasteiger partial charge in [-0.2, -0.15) is 0 Å². The van der Waals surface area contributed by atoms with Crippen LogP contribution in [0.15, 0.2) is 24.3 Å². The van der Waals surface area contributed by atoms with Crippen LogP contribution in [0, 0.1) is 0 Å². The van der Waals surface area contributed by atoms with Gasteiger partial charge in [0, 0.05) is 12.1 Å². The topological polar surface area (TPSA) is 41.6 Å². The molecule has 1 aliphatic carbocycles. The molecule has 1 aliphatic heterocycles. The van der Waals surface area contributed by atoms with E-state index in [0.717, 1.165) is 56.5 Å². The Hall–Kier alpha value is -1.55. The minimum atomic E-state index is -0.261. The van der Waals surface area contributed by atoms with Crippen LogP contribution in [0.5, 0.6) is 5.75 Å². The molecule has 1 atom stereocenters. The predicted molar refractivity (Wildman–Crippen MR) is 101 cm³/mol. The van der Waals surface area contributed by atoms with E-state index in [4.69, 9.17) is 4.74 Å². The normalized spacial score (nSPS) is 21.2. The third-order valence-corrected chi connectivity index (χ3v) is 5.88. The second kappa shape index (κ2) is 8.22. The van der Waals surface area contributed by atoms with Gasteiger partial charge in [0.05, 0.1) is 6.10 Å². The lowest BCUT2D eigenvalue weighted by atomic mass is 9.94. The van der Waals surface area contributed by atoms with Crippen molar-refractivity contribution in [3.63, 3.8) is 0 Å². The molecular formula is C21H32N2O2. The Morgan fingerprint density at radius 3 is 2.56 bits per heavy atom. The molecule has 1 amide bonds. The van der Waals surface area contributed by atoms with E-state index in [2.05, 4.69) is 30.1 Å². The third kappa shape index (κ3) is 4.00. The molecule has 25 heavy (non-hydrogen) atoms. The van der Waals surface area contributed by atoms with Crippen LogP contribution in [0.1, 0.15) is 64.4 Å². The Bertz CT molecular complexity index is 575. The first-order valence-corrected chi connectivity index (χ1v) is 9.93. The lowest BCUT2D eigenvalue weighted by molar-refractivity contribution is -0.133. The molecule has 1 N–H and O–H groups in total. The van der Waals surface area contributed by atoms with Crippen LogP contribution in [-0.4, -0.2) is 35.5 Å². The van der Waals surface area contributed by atoms with Crippen molar-refractivity contribution in [2.45, 2.75) is 77.0 Å². The highest BCUT2D eigenvalue weighted by Crippen LogP contribution is 2.37. The molecule has 2 aliphatic rings. The van der Waals surface area contributed by atoms with Crippen molar-refractivity contribution in [1.82, 2.24) is 10.2 Å². The molecule has 1 heterocycles. The van der Waals surface area contributed by atoms with Gasteiger partial charge in [0.1, 0.15) is 11.3 Å². The number of nitrogens with one attached hydrogen (secondary N) is 1. The summed E-state index contributed by atoms with van der Waals surface area (Å²) in [6, 6.07) is 8.05. The van der Waals surface area contributed by atoms with Crippen LogP contribution in [0.3, 0.4) is 0 Å². The van der Waals surface area contributed by atoms with Gasteiger partial charge in [-0.05, 0) is 58.2 Å².